The van der Waals surface area contributed by atoms with Gasteiger partial charge in [-0.15, -0.1) is 11.8 Å². The van der Waals surface area contributed by atoms with Gasteiger partial charge in [-0.3, -0.25) is 4.79 Å². The Kier molecular flexibility index (Phi) is 6.47. The number of nitrogens with one attached hydrogen (secondary N) is 1. The van der Waals surface area contributed by atoms with E-state index in [-0.39, 0.29) is 16.5 Å². The number of ether oxygens (including phenoxy) is 1. The van der Waals surface area contributed by atoms with Crippen molar-refractivity contribution in [3.05, 3.63) is 59.7 Å². The molecule has 2 heterocycles. The molecule has 2 aliphatic rings. The summed E-state index contributed by atoms with van der Waals surface area (Å²) >= 11 is 1.72. The number of alkyl halides is 3. The Hall–Kier alpha value is -2.88. The predicted octanol–water partition coefficient (Wildman–Crippen LogP) is 4.93. The lowest BCUT2D eigenvalue weighted by Crippen LogP contribution is -2.54. The molecule has 2 aromatic rings. The third-order valence-electron chi connectivity index (χ3n) is 6.03. The van der Waals surface area contributed by atoms with Gasteiger partial charge in [0.2, 0.25) is 0 Å². The Labute approximate surface area is 194 Å². The van der Waals surface area contributed by atoms with Crippen LogP contribution in [0, 0.1) is 0 Å². The van der Waals surface area contributed by atoms with E-state index >= 15 is 0 Å². The lowest BCUT2D eigenvalue weighted by molar-refractivity contribution is -0.137. The summed E-state index contributed by atoms with van der Waals surface area (Å²) in [5.41, 5.74) is -0.128. The molecule has 176 valence electrons. The van der Waals surface area contributed by atoms with Crippen LogP contribution >= 0.6 is 11.8 Å². The van der Waals surface area contributed by atoms with Crippen LogP contribution < -0.4 is 10.1 Å². The molecule has 6 nitrogen and oxygen atoms in total. The van der Waals surface area contributed by atoms with Crippen molar-refractivity contribution in [3.8, 4) is 5.75 Å². The molecule has 1 N–H and O–H groups in total. The van der Waals surface area contributed by atoms with Crippen LogP contribution in [0.5, 0.6) is 5.75 Å². The standard InChI is InChI=1S/C23H24F3N3O3S/c1-32-19-7-5-16(6-8-19)20(30)29-13-14-33-22(29)9-11-28(12-10-22)21(31)27-18-4-2-3-17(15-18)23(24,25)26/h2-8,15H,9-14H2,1H3,(H,27,31). The summed E-state index contributed by atoms with van der Waals surface area (Å²) in [6.45, 7) is 1.44. The maximum atomic E-state index is 13.2. The number of anilines is 1. The van der Waals surface area contributed by atoms with Crippen LogP contribution in [-0.2, 0) is 6.18 Å². The van der Waals surface area contributed by atoms with Crippen LogP contribution in [0.3, 0.4) is 0 Å². The fraction of sp³-hybridized carbons (Fsp3) is 0.391. The van der Waals surface area contributed by atoms with Crippen LogP contribution in [0.2, 0.25) is 0 Å². The molecule has 0 saturated carbocycles. The van der Waals surface area contributed by atoms with Crippen molar-refractivity contribution in [1.82, 2.24) is 9.80 Å². The molecule has 0 bridgehead atoms. The van der Waals surface area contributed by atoms with E-state index in [4.69, 9.17) is 4.74 Å². The molecule has 33 heavy (non-hydrogen) atoms. The van der Waals surface area contributed by atoms with Gasteiger partial charge in [0.25, 0.3) is 5.91 Å². The van der Waals surface area contributed by atoms with E-state index in [0.717, 1.165) is 17.9 Å². The number of urea groups is 1. The zero-order valence-corrected chi connectivity index (χ0v) is 18.8. The van der Waals surface area contributed by atoms with Crippen molar-refractivity contribution in [3.63, 3.8) is 0 Å². The predicted molar refractivity (Wildman–Crippen MR) is 120 cm³/mol. The number of piperidine rings is 1. The van der Waals surface area contributed by atoms with Crippen molar-refractivity contribution >= 4 is 29.4 Å². The first kappa shape index (κ1) is 23.3. The van der Waals surface area contributed by atoms with Gasteiger partial charge in [0.1, 0.15) is 5.75 Å². The molecular formula is C23H24F3N3O3S. The van der Waals surface area contributed by atoms with Crippen molar-refractivity contribution in [1.29, 1.82) is 0 Å². The van der Waals surface area contributed by atoms with Crippen molar-refractivity contribution in [2.75, 3.05) is 37.8 Å². The summed E-state index contributed by atoms with van der Waals surface area (Å²) in [6, 6.07) is 11.1. The minimum absolute atomic E-state index is 0.0514. The van der Waals surface area contributed by atoms with Crippen LogP contribution in [0.25, 0.3) is 0 Å². The Morgan fingerprint density at radius 3 is 2.39 bits per heavy atom. The highest BCUT2D eigenvalue weighted by atomic mass is 32.2. The van der Waals surface area contributed by atoms with E-state index < -0.39 is 17.8 Å². The molecule has 0 aliphatic carbocycles. The number of nitrogens with zero attached hydrogens (tertiary/aromatic N) is 2. The van der Waals surface area contributed by atoms with Crippen LogP contribution in [0.4, 0.5) is 23.7 Å². The fourth-order valence-corrected chi connectivity index (χ4v) is 5.69. The molecule has 3 amide bonds. The van der Waals surface area contributed by atoms with Gasteiger partial charge >= 0.3 is 12.2 Å². The molecule has 0 aromatic heterocycles. The van der Waals surface area contributed by atoms with Gasteiger partial charge in [-0.2, -0.15) is 13.2 Å². The Bertz CT molecular complexity index is 1020. The quantitative estimate of drug-likeness (QED) is 0.679. The van der Waals surface area contributed by atoms with Crippen molar-refractivity contribution in [2.24, 2.45) is 0 Å². The molecule has 0 atom stereocenters. The van der Waals surface area contributed by atoms with E-state index in [1.54, 1.807) is 48.0 Å². The van der Waals surface area contributed by atoms with Crippen LogP contribution in [0.1, 0.15) is 28.8 Å². The number of carbonyl (C=O) groups is 2. The first-order valence-electron chi connectivity index (χ1n) is 10.5. The lowest BCUT2D eigenvalue weighted by atomic mass is 10.0. The fourth-order valence-electron chi connectivity index (χ4n) is 4.23. The molecular weight excluding hydrogens is 455 g/mol. The molecule has 2 aliphatic heterocycles. The third kappa shape index (κ3) is 4.90. The average Bonchev–Trinajstić information content (AvgIpc) is 3.21. The number of methoxy groups -OCH3 is 1. The lowest BCUT2D eigenvalue weighted by Gasteiger charge is -2.44. The van der Waals surface area contributed by atoms with Crippen molar-refractivity contribution in [2.45, 2.75) is 23.9 Å². The van der Waals surface area contributed by atoms with E-state index in [1.807, 2.05) is 4.90 Å². The highest BCUT2D eigenvalue weighted by Crippen LogP contribution is 2.44. The molecule has 0 radical (unpaired) electrons. The van der Waals surface area contributed by atoms with Crippen LogP contribution in [0.15, 0.2) is 48.5 Å². The zero-order valence-electron chi connectivity index (χ0n) is 18.0. The number of rotatable bonds is 3. The van der Waals surface area contributed by atoms with Gasteiger partial charge < -0.3 is 19.9 Å². The smallest absolute Gasteiger partial charge is 0.416 e. The topological polar surface area (TPSA) is 61.9 Å². The highest BCUT2D eigenvalue weighted by molar-refractivity contribution is 8.00. The number of benzene rings is 2. The second kappa shape index (κ2) is 9.17. The SMILES string of the molecule is COc1ccc(C(=O)N2CCSC23CCN(C(=O)Nc2cccc(C(F)(F)F)c2)CC3)cc1. The zero-order chi connectivity index (χ0) is 23.6. The van der Waals surface area contributed by atoms with Gasteiger partial charge in [0.05, 0.1) is 17.5 Å². The number of hydrogen-bond donors (Lipinski definition) is 1. The summed E-state index contributed by atoms with van der Waals surface area (Å²) in [7, 11) is 1.57. The Morgan fingerprint density at radius 1 is 1.06 bits per heavy atom. The van der Waals surface area contributed by atoms with Crippen LogP contribution in [-0.4, -0.2) is 59.1 Å². The second-order valence-corrected chi connectivity index (χ2v) is 9.43. The van der Waals surface area contributed by atoms with Gasteiger partial charge in [-0.1, -0.05) is 6.07 Å². The molecule has 4 rings (SSSR count). The van der Waals surface area contributed by atoms with Gasteiger partial charge in [0, 0.05) is 36.6 Å². The third-order valence-corrected chi connectivity index (χ3v) is 7.59. The highest BCUT2D eigenvalue weighted by Gasteiger charge is 2.47. The molecule has 2 saturated heterocycles. The maximum Gasteiger partial charge on any atom is 0.416 e. The average molecular weight is 480 g/mol. The van der Waals surface area contributed by atoms with Gasteiger partial charge in [0.15, 0.2) is 0 Å². The number of hydrogen-bond acceptors (Lipinski definition) is 4. The van der Waals surface area contributed by atoms with E-state index in [1.165, 1.54) is 12.1 Å². The Balaban J connectivity index is 1.39. The molecule has 2 aromatic carbocycles. The van der Waals surface area contributed by atoms with E-state index in [0.29, 0.717) is 43.8 Å². The van der Waals surface area contributed by atoms with Gasteiger partial charge in [-0.25, -0.2) is 4.79 Å². The first-order valence-corrected chi connectivity index (χ1v) is 11.5. The number of amides is 3. The minimum atomic E-state index is -4.47. The van der Waals surface area contributed by atoms with Crippen molar-refractivity contribution < 1.29 is 27.5 Å². The number of thioether (sulfide) groups is 1. The van der Waals surface area contributed by atoms with E-state index in [9.17, 15) is 22.8 Å². The Morgan fingerprint density at radius 2 is 1.76 bits per heavy atom. The summed E-state index contributed by atoms with van der Waals surface area (Å²) < 4.78 is 43.9. The number of halogens is 3. The summed E-state index contributed by atoms with van der Waals surface area (Å²) in [5, 5.41) is 2.56. The normalized spacial score (nSPS) is 17.8. The molecule has 0 unspecified atom stereocenters. The molecule has 10 heteroatoms. The minimum Gasteiger partial charge on any atom is -0.497 e. The second-order valence-electron chi connectivity index (χ2n) is 7.98. The summed E-state index contributed by atoms with van der Waals surface area (Å²) in [5.74, 6) is 1.44. The number of likely N-dealkylation sites (tertiary alicyclic amines) is 1. The maximum absolute atomic E-state index is 13.2. The van der Waals surface area contributed by atoms with E-state index in [2.05, 4.69) is 5.32 Å². The monoisotopic (exact) mass is 479 g/mol. The summed E-state index contributed by atoms with van der Waals surface area (Å²) in [4.78, 5) is 28.9. The largest absolute Gasteiger partial charge is 0.497 e. The number of carbonyl (C=O) groups excluding carboxylic acids is 2. The first-order chi connectivity index (χ1) is 15.7. The van der Waals surface area contributed by atoms with Gasteiger partial charge in [-0.05, 0) is 55.3 Å². The summed E-state index contributed by atoms with van der Waals surface area (Å²) in [6.07, 6.45) is -3.29. The molecule has 1 spiro atoms. The molecule has 2 fully saturated rings.